The largest absolute Gasteiger partial charge is 0.480 e. The molecule has 4 heteroatoms. The fraction of sp³-hybridized carbons (Fsp3) is 0.818. The predicted molar refractivity (Wildman–Crippen MR) is 52.1 cm³/mol. The van der Waals surface area contributed by atoms with Gasteiger partial charge in [0.05, 0.1) is 0 Å². The monoisotopic (exact) mass is 209 g/mol. The molecule has 3 aliphatic rings. The second-order valence-corrected chi connectivity index (χ2v) is 5.30. The molecule has 0 saturated heterocycles. The highest BCUT2D eigenvalue weighted by atomic mass is 16.4. The van der Waals surface area contributed by atoms with Gasteiger partial charge in [-0.15, -0.1) is 0 Å². The summed E-state index contributed by atoms with van der Waals surface area (Å²) in [4.78, 5) is 22.7. The number of amides is 1. The number of carbonyl (C=O) groups is 2. The quantitative estimate of drug-likeness (QED) is 0.721. The maximum absolute atomic E-state index is 11.8. The van der Waals surface area contributed by atoms with E-state index < -0.39 is 11.5 Å². The van der Waals surface area contributed by atoms with Crippen molar-refractivity contribution >= 4 is 11.9 Å². The molecule has 2 atom stereocenters. The van der Waals surface area contributed by atoms with E-state index in [9.17, 15) is 9.59 Å². The number of carboxylic acids is 1. The Morgan fingerprint density at radius 3 is 2.20 bits per heavy atom. The molecule has 0 heterocycles. The van der Waals surface area contributed by atoms with E-state index in [0.717, 1.165) is 24.7 Å². The number of rotatable bonds is 3. The van der Waals surface area contributed by atoms with E-state index in [1.807, 2.05) is 0 Å². The van der Waals surface area contributed by atoms with E-state index in [1.54, 1.807) is 0 Å². The molecule has 3 fully saturated rings. The van der Waals surface area contributed by atoms with Crippen LogP contribution in [0, 0.1) is 17.8 Å². The fourth-order valence-electron chi connectivity index (χ4n) is 2.78. The summed E-state index contributed by atoms with van der Waals surface area (Å²) in [7, 11) is 0. The van der Waals surface area contributed by atoms with Crippen molar-refractivity contribution in [2.24, 2.45) is 17.8 Å². The minimum Gasteiger partial charge on any atom is -0.480 e. The van der Waals surface area contributed by atoms with Crippen molar-refractivity contribution < 1.29 is 14.7 Å². The number of nitrogens with one attached hydrogen (secondary N) is 1. The van der Waals surface area contributed by atoms with Crippen LogP contribution >= 0.6 is 0 Å². The smallest absolute Gasteiger partial charge is 0.329 e. The molecule has 0 aromatic carbocycles. The van der Waals surface area contributed by atoms with Gasteiger partial charge < -0.3 is 10.4 Å². The van der Waals surface area contributed by atoms with Gasteiger partial charge in [-0.1, -0.05) is 0 Å². The van der Waals surface area contributed by atoms with Gasteiger partial charge in [-0.3, -0.25) is 4.79 Å². The SMILES string of the molecule is O=C(NC1(C(=O)O)CC1)C1CC2CC2C1. The Labute approximate surface area is 88.0 Å². The third-order valence-electron chi connectivity index (χ3n) is 4.14. The first kappa shape index (κ1) is 9.19. The van der Waals surface area contributed by atoms with Crippen molar-refractivity contribution in [3.63, 3.8) is 0 Å². The highest BCUT2D eigenvalue weighted by Gasteiger charge is 2.54. The van der Waals surface area contributed by atoms with Crippen LogP contribution in [0.5, 0.6) is 0 Å². The predicted octanol–water partition coefficient (Wildman–Crippen LogP) is 0.766. The van der Waals surface area contributed by atoms with Crippen molar-refractivity contribution in [3.8, 4) is 0 Å². The molecule has 4 nitrogen and oxygen atoms in total. The summed E-state index contributed by atoms with van der Waals surface area (Å²) in [6, 6.07) is 0. The number of aliphatic carboxylic acids is 1. The molecular weight excluding hydrogens is 194 g/mol. The Bertz CT molecular complexity index is 325. The van der Waals surface area contributed by atoms with Crippen LogP contribution in [0.4, 0.5) is 0 Å². The van der Waals surface area contributed by atoms with Crippen LogP contribution in [0.3, 0.4) is 0 Å². The topological polar surface area (TPSA) is 66.4 Å². The second kappa shape index (κ2) is 2.74. The molecule has 0 aromatic heterocycles. The van der Waals surface area contributed by atoms with Crippen molar-refractivity contribution in [3.05, 3.63) is 0 Å². The molecule has 0 aliphatic heterocycles. The van der Waals surface area contributed by atoms with Crippen LogP contribution in [0.25, 0.3) is 0 Å². The molecule has 0 spiro atoms. The Kier molecular flexibility index (Phi) is 1.68. The van der Waals surface area contributed by atoms with Crippen LogP contribution in [-0.2, 0) is 9.59 Å². The van der Waals surface area contributed by atoms with Crippen LogP contribution in [0.1, 0.15) is 32.1 Å². The molecule has 2 unspecified atom stereocenters. The minimum atomic E-state index is -0.899. The highest BCUT2D eigenvalue weighted by Crippen LogP contribution is 2.54. The standard InChI is InChI=1S/C11H15NO3/c13-9(8-4-6-3-7(6)5-8)12-11(1-2-11)10(14)15/h6-8H,1-5H2,(H,12,13)(H,14,15). The molecule has 3 aliphatic carbocycles. The van der Waals surface area contributed by atoms with Crippen molar-refractivity contribution in [1.82, 2.24) is 5.32 Å². The van der Waals surface area contributed by atoms with Gasteiger partial charge in [0.2, 0.25) is 5.91 Å². The van der Waals surface area contributed by atoms with Gasteiger partial charge in [0.25, 0.3) is 0 Å². The number of hydrogen-bond acceptors (Lipinski definition) is 2. The summed E-state index contributed by atoms with van der Waals surface area (Å²) in [5.74, 6) is 0.716. The molecule has 2 N–H and O–H groups in total. The molecule has 82 valence electrons. The van der Waals surface area contributed by atoms with Crippen molar-refractivity contribution in [1.29, 1.82) is 0 Å². The molecule has 1 amide bonds. The third kappa shape index (κ3) is 1.43. The van der Waals surface area contributed by atoms with Crippen LogP contribution in [0.2, 0.25) is 0 Å². The Morgan fingerprint density at radius 2 is 1.73 bits per heavy atom. The zero-order valence-corrected chi connectivity index (χ0v) is 8.53. The fourth-order valence-corrected chi connectivity index (χ4v) is 2.78. The first-order chi connectivity index (χ1) is 7.11. The molecule has 15 heavy (non-hydrogen) atoms. The lowest BCUT2D eigenvalue weighted by Crippen LogP contribution is -2.45. The van der Waals surface area contributed by atoms with E-state index >= 15 is 0 Å². The summed E-state index contributed by atoms with van der Waals surface area (Å²) < 4.78 is 0. The Balaban J connectivity index is 1.59. The van der Waals surface area contributed by atoms with E-state index in [2.05, 4.69) is 5.32 Å². The third-order valence-corrected chi connectivity index (χ3v) is 4.14. The van der Waals surface area contributed by atoms with E-state index in [1.165, 1.54) is 6.42 Å². The molecule has 3 saturated carbocycles. The summed E-state index contributed by atoms with van der Waals surface area (Å²) in [6.45, 7) is 0. The van der Waals surface area contributed by atoms with Gasteiger partial charge in [-0.25, -0.2) is 4.79 Å². The molecular formula is C11H15NO3. The lowest BCUT2D eigenvalue weighted by Gasteiger charge is -2.17. The lowest BCUT2D eigenvalue weighted by atomic mass is 10.0. The average Bonchev–Trinajstić information content (AvgIpc) is 3.08. The summed E-state index contributed by atoms with van der Waals surface area (Å²) in [5.41, 5.74) is -0.899. The van der Waals surface area contributed by atoms with Gasteiger partial charge in [-0.2, -0.15) is 0 Å². The van der Waals surface area contributed by atoms with E-state index in [-0.39, 0.29) is 11.8 Å². The number of fused-ring (bicyclic) bond motifs is 1. The summed E-state index contributed by atoms with van der Waals surface area (Å²) >= 11 is 0. The van der Waals surface area contributed by atoms with Crippen molar-refractivity contribution in [2.45, 2.75) is 37.6 Å². The molecule has 0 bridgehead atoms. The number of hydrogen-bond donors (Lipinski definition) is 2. The van der Waals surface area contributed by atoms with Gasteiger partial charge >= 0.3 is 5.97 Å². The van der Waals surface area contributed by atoms with Gasteiger partial charge in [0.15, 0.2) is 0 Å². The van der Waals surface area contributed by atoms with Crippen molar-refractivity contribution in [2.75, 3.05) is 0 Å². The first-order valence-electron chi connectivity index (χ1n) is 5.66. The molecule has 3 rings (SSSR count). The van der Waals surface area contributed by atoms with Crippen LogP contribution in [0.15, 0.2) is 0 Å². The van der Waals surface area contributed by atoms with Crippen LogP contribution in [-0.4, -0.2) is 22.5 Å². The minimum absolute atomic E-state index is 0.0258. The summed E-state index contributed by atoms with van der Waals surface area (Å²) in [6.07, 6.45) is 4.42. The van der Waals surface area contributed by atoms with E-state index in [0.29, 0.717) is 12.8 Å². The molecule has 0 aromatic rings. The average molecular weight is 209 g/mol. The Morgan fingerprint density at radius 1 is 1.13 bits per heavy atom. The normalized spacial score (nSPS) is 39.3. The van der Waals surface area contributed by atoms with E-state index in [4.69, 9.17) is 5.11 Å². The maximum atomic E-state index is 11.8. The van der Waals surface area contributed by atoms with Gasteiger partial charge in [0, 0.05) is 5.92 Å². The zero-order chi connectivity index (χ0) is 10.6. The van der Waals surface area contributed by atoms with Gasteiger partial charge in [-0.05, 0) is 43.9 Å². The number of carbonyl (C=O) groups excluding carboxylic acids is 1. The Hall–Kier alpha value is -1.06. The molecule has 0 radical (unpaired) electrons. The van der Waals surface area contributed by atoms with Crippen LogP contribution < -0.4 is 5.32 Å². The highest BCUT2D eigenvalue weighted by molar-refractivity contribution is 5.90. The summed E-state index contributed by atoms with van der Waals surface area (Å²) in [5, 5.41) is 11.7. The first-order valence-corrected chi connectivity index (χ1v) is 5.66. The number of carboxylic acid groups (broad SMARTS) is 1. The second-order valence-electron chi connectivity index (χ2n) is 5.30. The zero-order valence-electron chi connectivity index (χ0n) is 8.53. The maximum Gasteiger partial charge on any atom is 0.329 e. The lowest BCUT2D eigenvalue weighted by molar-refractivity contribution is -0.143. The van der Waals surface area contributed by atoms with Gasteiger partial charge in [0.1, 0.15) is 5.54 Å².